The van der Waals surface area contributed by atoms with Gasteiger partial charge in [0.25, 0.3) is 0 Å². The third-order valence-corrected chi connectivity index (χ3v) is 9.73. The quantitative estimate of drug-likeness (QED) is 0.112. The number of halogens is 2. The normalized spacial score (nSPS) is 13.5. The van der Waals surface area contributed by atoms with E-state index in [1.807, 2.05) is 60.4 Å². The summed E-state index contributed by atoms with van der Waals surface area (Å²) >= 11 is 12.8. The zero-order valence-corrected chi connectivity index (χ0v) is 31.2. The first kappa shape index (κ1) is 37.0. The summed E-state index contributed by atoms with van der Waals surface area (Å²) in [7, 11) is 0. The van der Waals surface area contributed by atoms with E-state index >= 15 is 0 Å². The van der Waals surface area contributed by atoms with Gasteiger partial charge in [-0.3, -0.25) is 9.69 Å². The molecule has 9 heteroatoms. The third kappa shape index (κ3) is 10.2. The highest BCUT2D eigenvalue weighted by Crippen LogP contribution is 2.32. The Morgan fingerprint density at radius 2 is 1.50 bits per heavy atom. The number of carbonyl (C=O) groups excluding carboxylic acids is 1. The summed E-state index contributed by atoms with van der Waals surface area (Å²) < 4.78 is 17.8. The smallest absolute Gasteiger partial charge is 0.246 e. The fourth-order valence-corrected chi connectivity index (χ4v) is 6.24. The standard InChI is InChI=1S/C43H43Cl2N3O4/c1-30(2)34-12-15-37(16-13-34)50-28-33-10-8-32(9-11-33)27-47-20-22-48(23-21-47)43(49)19-14-35-25-40(45)41(24-31(35)3)52-42-18-17-38(26-46-42)51-29-36-6-4-5-7-39(36)44/h4-19,24-26,30H,20-23,27-29H2,1-3H3. The number of carbonyl (C=O) groups is 1. The highest BCUT2D eigenvalue weighted by atomic mass is 35.5. The monoisotopic (exact) mass is 735 g/mol. The number of amides is 1. The first-order chi connectivity index (χ1) is 25.2. The van der Waals surface area contributed by atoms with Crippen molar-refractivity contribution in [3.05, 3.63) is 153 Å². The van der Waals surface area contributed by atoms with Crippen molar-refractivity contribution in [2.75, 3.05) is 26.2 Å². The summed E-state index contributed by atoms with van der Waals surface area (Å²) in [6.45, 7) is 11.0. The summed E-state index contributed by atoms with van der Waals surface area (Å²) in [6, 6.07) is 31.6. The zero-order chi connectivity index (χ0) is 36.5. The van der Waals surface area contributed by atoms with E-state index in [0.29, 0.717) is 59.6 Å². The first-order valence-electron chi connectivity index (χ1n) is 17.5. The number of nitrogens with zero attached hydrogens (tertiary/aromatic N) is 3. The van der Waals surface area contributed by atoms with Crippen LogP contribution in [-0.4, -0.2) is 46.9 Å². The number of hydrogen-bond acceptors (Lipinski definition) is 6. The van der Waals surface area contributed by atoms with Gasteiger partial charge in [-0.05, 0) is 83.1 Å². The maximum atomic E-state index is 13.1. The highest BCUT2D eigenvalue weighted by molar-refractivity contribution is 6.32. The van der Waals surface area contributed by atoms with E-state index < -0.39 is 0 Å². The van der Waals surface area contributed by atoms with Crippen molar-refractivity contribution in [3.8, 4) is 23.1 Å². The second-order valence-electron chi connectivity index (χ2n) is 13.2. The van der Waals surface area contributed by atoms with Crippen LogP contribution in [0.25, 0.3) is 6.08 Å². The van der Waals surface area contributed by atoms with Gasteiger partial charge < -0.3 is 19.1 Å². The Kier molecular flexibility index (Phi) is 12.5. The van der Waals surface area contributed by atoms with Gasteiger partial charge in [-0.15, -0.1) is 0 Å². The fourth-order valence-electron chi connectivity index (χ4n) is 5.84. The lowest BCUT2D eigenvalue weighted by atomic mass is 10.0. The van der Waals surface area contributed by atoms with Gasteiger partial charge in [0.1, 0.15) is 30.5 Å². The molecule has 0 radical (unpaired) electrons. The maximum absolute atomic E-state index is 13.1. The Labute approximate surface area is 316 Å². The predicted octanol–water partition coefficient (Wildman–Crippen LogP) is 10.1. The van der Waals surface area contributed by atoms with Crippen LogP contribution in [-0.2, 0) is 24.6 Å². The minimum absolute atomic E-state index is 0.0141. The summed E-state index contributed by atoms with van der Waals surface area (Å²) in [5, 5.41) is 1.07. The second-order valence-corrected chi connectivity index (χ2v) is 14.0. The SMILES string of the molecule is Cc1cc(Oc2ccc(OCc3ccccc3Cl)cn2)c(Cl)cc1C=CC(=O)N1CCN(Cc2ccc(COc3ccc(C(C)C)cc3)cc2)CC1. The topological polar surface area (TPSA) is 64.1 Å². The van der Waals surface area contributed by atoms with Crippen LogP contribution in [0.4, 0.5) is 0 Å². The number of piperazine rings is 1. The van der Waals surface area contributed by atoms with Crippen LogP contribution in [0.3, 0.4) is 0 Å². The second kappa shape index (κ2) is 17.6. The van der Waals surface area contributed by atoms with Crippen LogP contribution >= 0.6 is 23.2 Å². The molecule has 52 heavy (non-hydrogen) atoms. The van der Waals surface area contributed by atoms with E-state index in [9.17, 15) is 4.79 Å². The summed E-state index contributed by atoms with van der Waals surface area (Å²) in [5.41, 5.74) is 6.35. The van der Waals surface area contributed by atoms with Crippen molar-refractivity contribution in [1.82, 2.24) is 14.8 Å². The molecule has 0 saturated carbocycles. The molecule has 0 aliphatic carbocycles. The van der Waals surface area contributed by atoms with E-state index in [4.69, 9.17) is 37.4 Å². The minimum Gasteiger partial charge on any atom is -0.489 e. The molecule has 268 valence electrons. The molecular formula is C43H43Cl2N3O4. The number of aromatic nitrogens is 1. The molecule has 6 rings (SSSR count). The molecular weight excluding hydrogens is 693 g/mol. The molecule has 7 nitrogen and oxygen atoms in total. The van der Waals surface area contributed by atoms with Gasteiger partial charge >= 0.3 is 0 Å². The summed E-state index contributed by atoms with van der Waals surface area (Å²) in [4.78, 5) is 21.7. The lowest BCUT2D eigenvalue weighted by Gasteiger charge is -2.34. The molecule has 4 aromatic carbocycles. The maximum Gasteiger partial charge on any atom is 0.246 e. The van der Waals surface area contributed by atoms with Gasteiger partial charge in [-0.25, -0.2) is 4.98 Å². The summed E-state index contributed by atoms with van der Waals surface area (Å²) in [6.07, 6.45) is 5.03. The van der Waals surface area contributed by atoms with E-state index in [0.717, 1.165) is 47.6 Å². The summed E-state index contributed by atoms with van der Waals surface area (Å²) in [5.74, 6) is 2.83. The highest BCUT2D eigenvalue weighted by Gasteiger charge is 2.20. The number of ether oxygens (including phenoxy) is 3. The van der Waals surface area contributed by atoms with E-state index in [1.54, 1.807) is 30.5 Å². The van der Waals surface area contributed by atoms with Crippen LogP contribution in [0, 0.1) is 6.92 Å². The van der Waals surface area contributed by atoms with Crippen molar-refractivity contribution in [2.24, 2.45) is 0 Å². The molecule has 1 aliphatic heterocycles. The molecule has 0 unspecified atom stereocenters. The Balaban J connectivity index is 0.941. The van der Waals surface area contributed by atoms with Gasteiger partial charge in [0.05, 0.1) is 11.2 Å². The number of rotatable bonds is 13. The molecule has 1 aliphatic rings. The molecule has 0 N–H and O–H groups in total. The Morgan fingerprint density at radius 1 is 0.808 bits per heavy atom. The third-order valence-electron chi connectivity index (χ3n) is 9.07. The van der Waals surface area contributed by atoms with Gasteiger partial charge in [0.2, 0.25) is 11.8 Å². The van der Waals surface area contributed by atoms with E-state index in [-0.39, 0.29) is 5.91 Å². The van der Waals surface area contributed by atoms with Crippen LogP contribution in [0.1, 0.15) is 53.1 Å². The average molecular weight is 737 g/mol. The van der Waals surface area contributed by atoms with Crippen molar-refractivity contribution in [3.63, 3.8) is 0 Å². The van der Waals surface area contributed by atoms with Gasteiger partial charge in [-0.1, -0.05) is 91.6 Å². The molecule has 0 bridgehead atoms. The first-order valence-corrected chi connectivity index (χ1v) is 18.3. The Morgan fingerprint density at radius 3 is 2.19 bits per heavy atom. The lowest BCUT2D eigenvalue weighted by Crippen LogP contribution is -2.47. The molecule has 0 atom stereocenters. The van der Waals surface area contributed by atoms with Crippen LogP contribution in [0.2, 0.25) is 10.0 Å². The largest absolute Gasteiger partial charge is 0.489 e. The van der Waals surface area contributed by atoms with Gasteiger partial charge in [0, 0.05) is 55.5 Å². The Bertz CT molecular complexity index is 1970. The molecule has 5 aromatic rings. The molecule has 1 fully saturated rings. The zero-order valence-electron chi connectivity index (χ0n) is 29.7. The van der Waals surface area contributed by atoms with Crippen molar-refractivity contribution >= 4 is 35.2 Å². The van der Waals surface area contributed by atoms with Crippen molar-refractivity contribution in [1.29, 1.82) is 0 Å². The molecule has 1 aromatic heterocycles. The molecule has 2 heterocycles. The number of aryl methyl sites for hydroxylation is 1. The van der Waals surface area contributed by atoms with E-state index in [2.05, 4.69) is 60.1 Å². The van der Waals surface area contributed by atoms with Crippen molar-refractivity contribution in [2.45, 2.75) is 46.4 Å². The number of benzene rings is 4. The predicted molar refractivity (Wildman–Crippen MR) is 208 cm³/mol. The molecule has 0 spiro atoms. The van der Waals surface area contributed by atoms with Crippen LogP contribution < -0.4 is 14.2 Å². The lowest BCUT2D eigenvalue weighted by molar-refractivity contribution is -0.127. The van der Waals surface area contributed by atoms with Crippen LogP contribution in [0.15, 0.2) is 109 Å². The average Bonchev–Trinajstić information content (AvgIpc) is 3.16. The van der Waals surface area contributed by atoms with Gasteiger partial charge in [-0.2, -0.15) is 0 Å². The fraction of sp³-hybridized carbons (Fsp3) is 0.256. The number of pyridine rings is 1. The molecule has 1 saturated heterocycles. The van der Waals surface area contributed by atoms with Gasteiger partial charge in [0.15, 0.2) is 0 Å². The molecule has 1 amide bonds. The van der Waals surface area contributed by atoms with Crippen molar-refractivity contribution < 1.29 is 19.0 Å². The van der Waals surface area contributed by atoms with E-state index in [1.165, 1.54) is 11.1 Å². The Hall–Kier alpha value is -4.82. The van der Waals surface area contributed by atoms with Crippen LogP contribution in [0.5, 0.6) is 23.1 Å². The minimum atomic E-state index is -0.0141. The number of hydrogen-bond donors (Lipinski definition) is 0.